The number of sulfonamides is 1. The molecule has 12 heteroatoms. The molecule has 0 fully saturated rings. The molecule has 8 nitrogen and oxygen atoms in total. The van der Waals surface area contributed by atoms with E-state index < -0.39 is 14.9 Å². The number of thiazole rings is 1. The minimum absolute atomic E-state index is 0.132. The van der Waals surface area contributed by atoms with Crippen LogP contribution in [0, 0.1) is 10.1 Å². The van der Waals surface area contributed by atoms with E-state index in [1.165, 1.54) is 12.3 Å². The maximum atomic E-state index is 12.1. The van der Waals surface area contributed by atoms with Gasteiger partial charge in [-0.25, -0.2) is 18.4 Å². The lowest BCUT2D eigenvalue weighted by Crippen LogP contribution is -2.13. The molecule has 2 aromatic heterocycles. The molecule has 0 aliphatic carbocycles. The molecule has 20 heavy (non-hydrogen) atoms. The molecule has 0 bridgehead atoms. The van der Waals surface area contributed by atoms with E-state index in [0.29, 0.717) is 15.8 Å². The molecule has 2 heterocycles. The Morgan fingerprint density at radius 1 is 1.40 bits per heavy atom. The fourth-order valence-corrected chi connectivity index (χ4v) is 3.98. The summed E-state index contributed by atoms with van der Waals surface area (Å²) >= 11 is 9.40. The predicted molar refractivity (Wildman–Crippen MR) is 76.5 cm³/mol. The first-order chi connectivity index (χ1) is 9.29. The van der Waals surface area contributed by atoms with Crippen LogP contribution in [-0.2, 0) is 10.0 Å². The van der Waals surface area contributed by atoms with E-state index in [4.69, 9.17) is 11.6 Å². The average molecular weight is 400 g/mol. The predicted octanol–water partition coefficient (Wildman–Crippen LogP) is 2.66. The molecule has 0 radical (unpaired) electrons. The summed E-state index contributed by atoms with van der Waals surface area (Å²) in [5, 5.41) is 9.89. The number of rotatable bonds is 4. The lowest BCUT2D eigenvalue weighted by molar-refractivity contribution is -0.380. The molecule has 0 aliphatic rings. The van der Waals surface area contributed by atoms with Crippen LogP contribution in [0.1, 0.15) is 0 Å². The van der Waals surface area contributed by atoms with Crippen LogP contribution < -0.4 is 4.72 Å². The zero-order valence-corrected chi connectivity index (χ0v) is 13.3. The number of halogens is 2. The molecular weight excluding hydrogens is 396 g/mol. The Morgan fingerprint density at radius 2 is 2.10 bits per heavy atom. The molecule has 0 spiro atoms. The first-order valence-corrected chi connectivity index (χ1v) is 8.21. The van der Waals surface area contributed by atoms with Crippen molar-refractivity contribution in [1.82, 2.24) is 9.97 Å². The number of hydrogen-bond acceptors (Lipinski definition) is 7. The molecule has 2 aromatic rings. The van der Waals surface area contributed by atoms with E-state index in [1.54, 1.807) is 0 Å². The molecule has 0 saturated carbocycles. The summed E-state index contributed by atoms with van der Waals surface area (Å²) in [5.41, 5.74) is 0. The molecular formula is C8H4BrClN4O4S2. The van der Waals surface area contributed by atoms with E-state index in [-0.39, 0.29) is 20.2 Å². The fraction of sp³-hybridized carbons (Fsp3) is 0. The smallest absolute Gasteiger partial charge is 0.257 e. The number of aromatic nitrogens is 2. The van der Waals surface area contributed by atoms with Crippen molar-refractivity contribution in [3.8, 4) is 0 Å². The summed E-state index contributed by atoms with van der Waals surface area (Å²) in [6.07, 6.45) is 2.30. The van der Waals surface area contributed by atoms with Crippen LogP contribution in [0.25, 0.3) is 0 Å². The lowest BCUT2D eigenvalue weighted by Gasteiger charge is -2.06. The van der Waals surface area contributed by atoms with Gasteiger partial charge in [0.15, 0.2) is 0 Å². The average Bonchev–Trinajstić information content (AvgIpc) is 2.80. The molecule has 0 saturated heterocycles. The third-order valence-electron chi connectivity index (χ3n) is 1.96. The Kier molecular flexibility index (Phi) is 4.22. The molecule has 0 amide bonds. The van der Waals surface area contributed by atoms with Crippen molar-refractivity contribution in [2.45, 2.75) is 4.90 Å². The van der Waals surface area contributed by atoms with Gasteiger partial charge in [0.25, 0.3) is 10.0 Å². The van der Waals surface area contributed by atoms with Crippen molar-refractivity contribution in [3.63, 3.8) is 0 Å². The second-order valence-corrected chi connectivity index (χ2v) is 7.24. The van der Waals surface area contributed by atoms with Gasteiger partial charge in [0.2, 0.25) is 5.13 Å². The van der Waals surface area contributed by atoms with Gasteiger partial charge in [-0.1, -0.05) is 11.6 Å². The monoisotopic (exact) mass is 398 g/mol. The fourth-order valence-electron chi connectivity index (χ4n) is 1.16. The normalized spacial score (nSPS) is 11.3. The highest BCUT2D eigenvalue weighted by Gasteiger charge is 2.22. The summed E-state index contributed by atoms with van der Waals surface area (Å²) in [6, 6.07) is 1.26. The highest BCUT2D eigenvalue weighted by molar-refractivity contribution is 9.10. The molecule has 106 valence electrons. The Balaban J connectivity index is 2.35. The van der Waals surface area contributed by atoms with Gasteiger partial charge in [0.05, 0.1) is 4.92 Å². The van der Waals surface area contributed by atoms with Gasteiger partial charge in [-0.2, -0.15) is 0 Å². The molecule has 0 atom stereocenters. The highest BCUT2D eigenvalue weighted by atomic mass is 79.9. The number of pyridine rings is 1. The first-order valence-electron chi connectivity index (χ1n) is 4.73. The highest BCUT2D eigenvalue weighted by Crippen LogP contribution is 2.29. The molecule has 0 aliphatic heterocycles. The van der Waals surface area contributed by atoms with Crippen molar-refractivity contribution < 1.29 is 13.3 Å². The second-order valence-electron chi connectivity index (χ2n) is 3.31. The summed E-state index contributed by atoms with van der Waals surface area (Å²) in [4.78, 5) is 16.9. The van der Waals surface area contributed by atoms with Crippen molar-refractivity contribution >= 4 is 59.0 Å². The third-order valence-corrected chi connectivity index (χ3v) is 5.15. The number of anilines is 1. The Bertz CT molecular complexity index is 779. The lowest BCUT2D eigenvalue weighted by atomic mass is 10.5. The standard InChI is InChI=1S/C8H4BrClN4O4S2/c9-4-1-5(7(10)11-2-4)20(17,18)13-8-12-3-6(19-8)14(15)16/h1-3H,(H,12,13). The summed E-state index contributed by atoms with van der Waals surface area (Å²) in [5.74, 6) is 0. The van der Waals surface area contributed by atoms with E-state index in [9.17, 15) is 18.5 Å². The van der Waals surface area contributed by atoms with Crippen LogP contribution in [0.15, 0.2) is 27.8 Å². The van der Waals surface area contributed by atoms with Gasteiger partial charge in [-0.15, -0.1) is 0 Å². The van der Waals surface area contributed by atoms with E-state index >= 15 is 0 Å². The zero-order valence-electron chi connectivity index (χ0n) is 9.28. The van der Waals surface area contributed by atoms with E-state index in [2.05, 4.69) is 30.6 Å². The van der Waals surface area contributed by atoms with Crippen molar-refractivity contribution in [3.05, 3.63) is 38.2 Å². The maximum Gasteiger partial charge on any atom is 0.345 e. The summed E-state index contributed by atoms with van der Waals surface area (Å²) < 4.78 is 26.7. The largest absolute Gasteiger partial charge is 0.345 e. The Hall–Kier alpha value is -1.30. The second kappa shape index (κ2) is 5.60. The van der Waals surface area contributed by atoms with Gasteiger partial charge < -0.3 is 0 Å². The number of nitrogens with zero attached hydrogens (tertiary/aromatic N) is 3. The molecule has 0 aromatic carbocycles. The van der Waals surface area contributed by atoms with Crippen molar-refractivity contribution in [2.24, 2.45) is 0 Å². The molecule has 2 rings (SSSR count). The van der Waals surface area contributed by atoms with Gasteiger partial charge >= 0.3 is 5.00 Å². The van der Waals surface area contributed by atoms with Crippen LogP contribution in [0.4, 0.5) is 10.1 Å². The topological polar surface area (TPSA) is 115 Å². The quantitative estimate of drug-likeness (QED) is 0.480. The maximum absolute atomic E-state index is 12.1. The van der Waals surface area contributed by atoms with Crippen LogP contribution in [-0.4, -0.2) is 23.3 Å². The van der Waals surface area contributed by atoms with Crippen LogP contribution in [0.5, 0.6) is 0 Å². The summed E-state index contributed by atoms with van der Waals surface area (Å²) in [7, 11) is -4.03. The van der Waals surface area contributed by atoms with Gasteiger partial charge in [-0.05, 0) is 33.3 Å². The van der Waals surface area contributed by atoms with Crippen molar-refractivity contribution in [1.29, 1.82) is 0 Å². The zero-order chi connectivity index (χ0) is 14.9. The third kappa shape index (κ3) is 3.23. The minimum Gasteiger partial charge on any atom is -0.257 e. The Morgan fingerprint density at radius 3 is 2.70 bits per heavy atom. The van der Waals surface area contributed by atoms with Crippen LogP contribution in [0.3, 0.4) is 0 Å². The van der Waals surface area contributed by atoms with Crippen molar-refractivity contribution in [2.75, 3.05) is 4.72 Å². The Labute approximate surface area is 130 Å². The number of nitro groups is 1. The molecule has 0 unspecified atom stereocenters. The number of hydrogen-bond donors (Lipinski definition) is 1. The number of nitrogens with one attached hydrogen (secondary N) is 1. The van der Waals surface area contributed by atoms with Crippen LogP contribution >= 0.6 is 38.9 Å². The van der Waals surface area contributed by atoms with Gasteiger partial charge in [0, 0.05) is 10.7 Å². The van der Waals surface area contributed by atoms with E-state index in [1.807, 2.05) is 0 Å². The van der Waals surface area contributed by atoms with E-state index in [0.717, 1.165) is 6.20 Å². The van der Waals surface area contributed by atoms with Gasteiger partial charge in [-0.3, -0.25) is 14.8 Å². The minimum atomic E-state index is -4.03. The SMILES string of the molecule is O=[N+]([O-])c1cnc(NS(=O)(=O)c2cc(Br)cnc2Cl)s1. The first kappa shape index (κ1) is 15.1. The van der Waals surface area contributed by atoms with Crippen LogP contribution in [0.2, 0.25) is 5.15 Å². The molecule has 1 N–H and O–H groups in total. The summed E-state index contributed by atoms with van der Waals surface area (Å²) in [6.45, 7) is 0. The van der Waals surface area contributed by atoms with Gasteiger partial charge in [0.1, 0.15) is 16.2 Å².